The molecular weight excluding hydrogens is 543 g/mol. The molecule has 13 heteroatoms. The van der Waals surface area contributed by atoms with Crippen molar-refractivity contribution in [2.75, 3.05) is 25.0 Å². The van der Waals surface area contributed by atoms with E-state index in [1.807, 2.05) is 19.1 Å². The van der Waals surface area contributed by atoms with Crippen LogP contribution in [0.5, 0.6) is 5.75 Å². The molecular formula is C27H28F3N7O2S. The van der Waals surface area contributed by atoms with E-state index in [0.29, 0.717) is 46.1 Å². The first-order valence-electron chi connectivity index (χ1n) is 12.9. The third kappa shape index (κ3) is 6.13. The number of thiophene rings is 1. The number of nitriles is 1. The van der Waals surface area contributed by atoms with Crippen molar-refractivity contribution < 1.29 is 22.7 Å². The quantitative estimate of drug-likeness (QED) is 0.302. The molecule has 40 heavy (non-hydrogen) atoms. The van der Waals surface area contributed by atoms with Crippen molar-refractivity contribution >= 4 is 44.2 Å². The smallest absolute Gasteiger partial charge is 0.393 e. The summed E-state index contributed by atoms with van der Waals surface area (Å²) in [7, 11) is 0. The third-order valence-electron chi connectivity index (χ3n) is 6.89. The van der Waals surface area contributed by atoms with Gasteiger partial charge in [0.15, 0.2) is 0 Å². The molecule has 0 bridgehead atoms. The zero-order chi connectivity index (χ0) is 28.4. The largest absolute Gasteiger partial charge is 0.493 e. The summed E-state index contributed by atoms with van der Waals surface area (Å²) in [6.45, 7) is 4.51. The second-order valence-electron chi connectivity index (χ2n) is 9.79. The van der Waals surface area contributed by atoms with E-state index in [1.54, 1.807) is 10.6 Å². The maximum absolute atomic E-state index is 12.9. The lowest BCUT2D eigenvalue weighted by Gasteiger charge is -2.33. The number of amides is 1. The van der Waals surface area contributed by atoms with Gasteiger partial charge in [0, 0.05) is 47.6 Å². The van der Waals surface area contributed by atoms with Crippen LogP contribution in [0.1, 0.15) is 35.9 Å². The van der Waals surface area contributed by atoms with Crippen LogP contribution in [0.2, 0.25) is 0 Å². The number of anilines is 1. The lowest BCUT2D eigenvalue weighted by atomic mass is 10.0. The van der Waals surface area contributed by atoms with E-state index < -0.39 is 18.5 Å². The molecule has 5 rings (SSSR count). The molecule has 3 aromatic heterocycles. The summed E-state index contributed by atoms with van der Waals surface area (Å²) >= 11 is 1.04. The first-order chi connectivity index (χ1) is 19.1. The molecule has 0 atom stereocenters. The molecule has 4 aromatic rings. The van der Waals surface area contributed by atoms with Crippen LogP contribution in [0, 0.1) is 11.3 Å². The van der Waals surface area contributed by atoms with E-state index in [4.69, 9.17) is 10.5 Å². The summed E-state index contributed by atoms with van der Waals surface area (Å²) in [5.41, 5.74) is 7.45. The Morgan fingerprint density at radius 2 is 2.02 bits per heavy atom. The number of carbonyl (C=O) groups is 1. The average molecular weight is 572 g/mol. The Bertz CT molecular complexity index is 1580. The molecule has 1 amide bonds. The van der Waals surface area contributed by atoms with Crippen molar-refractivity contribution in [3.05, 3.63) is 46.7 Å². The van der Waals surface area contributed by atoms with Crippen LogP contribution in [-0.2, 0) is 24.3 Å². The van der Waals surface area contributed by atoms with Gasteiger partial charge in [-0.1, -0.05) is 0 Å². The zero-order valence-electron chi connectivity index (χ0n) is 21.8. The Balaban J connectivity index is 1.28. The number of benzene rings is 1. The van der Waals surface area contributed by atoms with Crippen LogP contribution < -0.4 is 15.8 Å². The predicted molar refractivity (Wildman–Crippen MR) is 146 cm³/mol. The number of likely N-dealkylation sites (tertiary alicyclic amines) is 1. The van der Waals surface area contributed by atoms with Crippen molar-refractivity contribution in [3.63, 3.8) is 0 Å². The molecule has 0 saturated carbocycles. The van der Waals surface area contributed by atoms with Gasteiger partial charge in [0.05, 0.1) is 23.9 Å². The van der Waals surface area contributed by atoms with E-state index in [1.165, 1.54) is 12.4 Å². The number of nitrogens with one attached hydrogen (secondary N) is 1. The number of piperidine rings is 1. The minimum Gasteiger partial charge on any atom is -0.493 e. The number of carbonyl (C=O) groups excluding carboxylic acids is 1. The predicted octanol–water partition coefficient (Wildman–Crippen LogP) is 4.58. The van der Waals surface area contributed by atoms with Crippen LogP contribution in [0.4, 0.5) is 19.0 Å². The maximum atomic E-state index is 12.9. The van der Waals surface area contributed by atoms with Gasteiger partial charge >= 0.3 is 6.18 Å². The van der Waals surface area contributed by atoms with Gasteiger partial charge < -0.3 is 20.4 Å². The fourth-order valence-corrected chi connectivity index (χ4v) is 6.17. The molecule has 1 aromatic carbocycles. The van der Waals surface area contributed by atoms with Crippen LogP contribution >= 0.6 is 11.3 Å². The number of nitrogens with zero attached hydrogens (tertiary/aromatic N) is 5. The first-order valence-corrected chi connectivity index (χ1v) is 13.7. The van der Waals surface area contributed by atoms with Gasteiger partial charge in [0.1, 0.15) is 41.0 Å². The number of primary amides is 1. The number of hydrogen-bond acceptors (Lipinski definition) is 8. The SMILES string of the molecule is CCOc1cc2c(cc1CN1CCC(Nc3ncnc4sc(CC(F)(F)F)cc34)CC1)cc(C#N)n2CC(N)=O. The Hall–Kier alpha value is -3.89. The second-order valence-corrected chi connectivity index (χ2v) is 10.9. The summed E-state index contributed by atoms with van der Waals surface area (Å²) < 4.78 is 46.1. The van der Waals surface area contributed by atoms with E-state index in [-0.39, 0.29) is 17.5 Å². The molecule has 0 spiro atoms. The minimum atomic E-state index is -4.27. The molecule has 1 saturated heterocycles. The molecule has 1 fully saturated rings. The molecule has 210 valence electrons. The maximum Gasteiger partial charge on any atom is 0.393 e. The number of rotatable bonds is 9. The summed E-state index contributed by atoms with van der Waals surface area (Å²) in [6.07, 6.45) is -2.22. The van der Waals surface area contributed by atoms with E-state index >= 15 is 0 Å². The third-order valence-corrected chi connectivity index (χ3v) is 7.93. The van der Waals surface area contributed by atoms with Gasteiger partial charge in [-0.15, -0.1) is 11.3 Å². The number of ether oxygens (including phenoxy) is 1. The second kappa shape index (κ2) is 11.3. The molecule has 3 N–H and O–H groups in total. The van der Waals surface area contributed by atoms with Crippen LogP contribution in [-0.4, -0.2) is 57.3 Å². The Kier molecular flexibility index (Phi) is 7.82. The molecule has 1 aliphatic heterocycles. The summed E-state index contributed by atoms with van der Waals surface area (Å²) in [4.78, 5) is 23.1. The number of halogens is 3. The van der Waals surface area contributed by atoms with E-state index in [0.717, 1.165) is 48.2 Å². The number of aromatic nitrogens is 3. The highest BCUT2D eigenvalue weighted by Crippen LogP contribution is 2.34. The van der Waals surface area contributed by atoms with Gasteiger partial charge in [-0.25, -0.2) is 9.97 Å². The van der Waals surface area contributed by atoms with Gasteiger partial charge in [-0.3, -0.25) is 9.69 Å². The van der Waals surface area contributed by atoms with Crippen molar-refractivity contribution in [1.82, 2.24) is 19.4 Å². The van der Waals surface area contributed by atoms with Crippen LogP contribution in [0.15, 0.2) is 30.6 Å². The number of alkyl halides is 3. The highest BCUT2D eigenvalue weighted by molar-refractivity contribution is 7.18. The molecule has 9 nitrogen and oxygen atoms in total. The molecule has 0 unspecified atom stereocenters. The molecule has 0 aliphatic carbocycles. The highest BCUT2D eigenvalue weighted by Gasteiger charge is 2.29. The number of fused-ring (bicyclic) bond motifs is 2. The fraction of sp³-hybridized carbons (Fsp3) is 0.407. The van der Waals surface area contributed by atoms with Crippen molar-refractivity contribution in [2.24, 2.45) is 5.73 Å². The topological polar surface area (TPSA) is 122 Å². The highest BCUT2D eigenvalue weighted by atomic mass is 32.1. The van der Waals surface area contributed by atoms with Gasteiger partial charge in [-0.05, 0) is 38.0 Å². The normalized spacial score (nSPS) is 15.0. The zero-order valence-corrected chi connectivity index (χ0v) is 22.6. The molecule has 4 heterocycles. The number of nitrogens with two attached hydrogens (primary N) is 1. The van der Waals surface area contributed by atoms with Crippen molar-refractivity contribution in [1.29, 1.82) is 5.26 Å². The van der Waals surface area contributed by atoms with Crippen molar-refractivity contribution in [3.8, 4) is 11.8 Å². The molecule has 1 aliphatic rings. The number of hydrogen-bond donors (Lipinski definition) is 2. The summed E-state index contributed by atoms with van der Waals surface area (Å²) in [5, 5.41) is 14.4. The lowest BCUT2D eigenvalue weighted by Crippen LogP contribution is -2.38. The van der Waals surface area contributed by atoms with Gasteiger partial charge in [0.25, 0.3) is 0 Å². The Morgan fingerprint density at radius 1 is 1.25 bits per heavy atom. The van der Waals surface area contributed by atoms with Gasteiger partial charge in [0.2, 0.25) is 5.91 Å². The average Bonchev–Trinajstić information content (AvgIpc) is 3.45. The van der Waals surface area contributed by atoms with E-state index in [2.05, 4.69) is 26.3 Å². The Labute approximate surface area is 232 Å². The Morgan fingerprint density at radius 3 is 2.70 bits per heavy atom. The van der Waals surface area contributed by atoms with Crippen molar-refractivity contribution in [2.45, 2.75) is 51.5 Å². The lowest BCUT2D eigenvalue weighted by molar-refractivity contribution is -0.126. The monoisotopic (exact) mass is 571 g/mol. The van der Waals surface area contributed by atoms with E-state index in [9.17, 15) is 23.2 Å². The molecule has 0 radical (unpaired) electrons. The van der Waals surface area contributed by atoms with Crippen LogP contribution in [0.3, 0.4) is 0 Å². The van der Waals surface area contributed by atoms with Crippen LogP contribution in [0.25, 0.3) is 21.1 Å². The minimum absolute atomic E-state index is 0.0918. The van der Waals surface area contributed by atoms with Gasteiger partial charge in [-0.2, -0.15) is 18.4 Å². The standard InChI is InChI=1S/C27H28F3N7O2S/c1-2-39-23-10-22-16(8-19(12-31)37(22)14-24(32)38)7-17(23)13-36-5-3-18(4-6-36)35-25-21-9-20(11-27(28,29)30)40-26(21)34-15-33-25/h7-10,15,18H,2-6,11,13-14H2,1H3,(H2,32,38)(H,33,34,35). The first kappa shape index (κ1) is 27.7. The fourth-order valence-electron chi connectivity index (χ4n) is 5.14. The summed E-state index contributed by atoms with van der Waals surface area (Å²) in [6, 6.07) is 9.39. The summed E-state index contributed by atoms with van der Waals surface area (Å²) in [5.74, 6) is 0.723.